The maximum atomic E-state index is 13.1. The van der Waals surface area contributed by atoms with E-state index in [0.717, 1.165) is 49.1 Å². The standard InChI is InChI=1S/C33H44N2O6/c1-39-27-14-11-25(12-15-27)29(36)5-3-2-4-6-32(37)34-28(22-35(20-23-7-8-23)21-24-9-10-24)33(38)26-13-16-30-31(19-26)41-18-17-40-30/h11-16,19,23-24,28,33,38H,2-10,17-18,20-22H2,1H3,(H,34,37). The highest BCUT2D eigenvalue weighted by atomic mass is 16.6. The number of Topliss-reactive ketones (excluding diaryl/α,β-unsaturated/α-hetero) is 1. The lowest BCUT2D eigenvalue weighted by Gasteiger charge is -2.32. The third-order valence-electron chi connectivity index (χ3n) is 8.24. The van der Waals surface area contributed by atoms with Crippen molar-refractivity contribution < 1.29 is 28.9 Å². The maximum Gasteiger partial charge on any atom is 0.220 e. The van der Waals surface area contributed by atoms with Gasteiger partial charge in [0, 0.05) is 38.0 Å². The molecule has 2 aromatic rings. The summed E-state index contributed by atoms with van der Waals surface area (Å²) in [4.78, 5) is 28.0. The van der Waals surface area contributed by atoms with Crippen LogP contribution in [0.3, 0.4) is 0 Å². The topological polar surface area (TPSA) is 97.3 Å². The van der Waals surface area contributed by atoms with E-state index in [1.807, 2.05) is 18.2 Å². The summed E-state index contributed by atoms with van der Waals surface area (Å²) in [6.07, 6.45) is 7.25. The predicted molar refractivity (Wildman–Crippen MR) is 157 cm³/mol. The highest BCUT2D eigenvalue weighted by molar-refractivity contribution is 5.96. The number of rotatable bonds is 17. The van der Waals surface area contributed by atoms with Gasteiger partial charge in [0.25, 0.3) is 0 Å². The summed E-state index contributed by atoms with van der Waals surface area (Å²) in [6, 6.07) is 12.3. The zero-order chi connectivity index (χ0) is 28.6. The lowest BCUT2D eigenvalue weighted by molar-refractivity contribution is -0.123. The maximum absolute atomic E-state index is 13.1. The Kier molecular flexibility index (Phi) is 10.2. The van der Waals surface area contributed by atoms with Gasteiger partial charge in [0.1, 0.15) is 25.1 Å². The van der Waals surface area contributed by atoms with Crippen molar-refractivity contribution in [3.63, 3.8) is 0 Å². The fourth-order valence-electron chi connectivity index (χ4n) is 5.48. The fourth-order valence-corrected chi connectivity index (χ4v) is 5.48. The van der Waals surface area contributed by atoms with Gasteiger partial charge in [-0.15, -0.1) is 0 Å². The minimum Gasteiger partial charge on any atom is -0.497 e. The lowest BCUT2D eigenvalue weighted by atomic mass is 10.00. The molecule has 0 saturated heterocycles. The van der Waals surface area contributed by atoms with Gasteiger partial charge in [0.05, 0.1) is 13.2 Å². The second kappa shape index (κ2) is 14.2. The van der Waals surface area contributed by atoms with Crippen LogP contribution >= 0.6 is 0 Å². The number of unbranched alkanes of at least 4 members (excludes halogenated alkanes) is 2. The molecule has 0 aromatic heterocycles. The van der Waals surface area contributed by atoms with Crippen molar-refractivity contribution in [2.24, 2.45) is 11.8 Å². The van der Waals surface area contributed by atoms with Crippen LogP contribution in [0.1, 0.15) is 79.8 Å². The Hall–Kier alpha value is -3.10. The summed E-state index contributed by atoms with van der Waals surface area (Å²) in [5.41, 5.74) is 1.40. The van der Waals surface area contributed by atoms with Crippen LogP contribution in [-0.4, -0.2) is 67.7 Å². The van der Waals surface area contributed by atoms with Gasteiger partial charge in [-0.1, -0.05) is 12.5 Å². The van der Waals surface area contributed by atoms with Crippen molar-refractivity contribution in [3.8, 4) is 17.2 Å². The highest BCUT2D eigenvalue weighted by Gasteiger charge is 2.33. The molecule has 8 heteroatoms. The number of aliphatic hydroxyl groups excluding tert-OH is 1. The number of hydrogen-bond donors (Lipinski definition) is 2. The van der Waals surface area contributed by atoms with E-state index in [1.165, 1.54) is 25.7 Å². The third-order valence-corrected chi connectivity index (χ3v) is 8.24. The molecule has 0 spiro atoms. The molecular weight excluding hydrogens is 520 g/mol. The summed E-state index contributed by atoms with van der Waals surface area (Å²) in [5.74, 6) is 3.55. The Morgan fingerprint density at radius 2 is 1.59 bits per heavy atom. The molecule has 41 heavy (non-hydrogen) atoms. The highest BCUT2D eigenvalue weighted by Crippen LogP contribution is 2.36. The molecule has 222 valence electrons. The number of hydrogen-bond acceptors (Lipinski definition) is 7. The van der Waals surface area contributed by atoms with Gasteiger partial charge in [-0.2, -0.15) is 0 Å². The summed E-state index contributed by atoms with van der Waals surface area (Å²) in [6.45, 7) is 3.66. The first-order chi connectivity index (χ1) is 20.0. The van der Waals surface area contributed by atoms with Crippen LogP contribution in [0.25, 0.3) is 0 Å². The average molecular weight is 565 g/mol. The summed E-state index contributed by atoms with van der Waals surface area (Å²) in [7, 11) is 1.60. The van der Waals surface area contributed by atoms with Crippen LogP contribution in [0.4, 0.5) is 0 Å². The molecule has 2 N–H and O–H groups in total. The zero-order valence-corrected chi connectivity index (χ0v) is 24.2. The molecule has 0 bridgehead atoms. The van der Waals surface area contributed by atoms with E-state index in [0.29, 0.717) is 56.1 Å². The molecule has 0 radical (unpaired) electrons. The number of ketones is 1. The van der Waals surface area contributed by atoms with Gasteiger partial charge in [-0.05, 0) is 92.3 Å². The van der Waals surface area contributed by atoms with Crippen LogP contribution < -0.4 is 19.5 Å². The number of methoxy groups -OCH3 is 1. The molecule has 5 rings (SSSR count). The number of amides is 1. The smallest absolute Gasteiger partial charge is 0.220 e. The van der Waals surface area contributed by atoms with Crippen molar-refractivity contribution in [3.05, 3.63) is 53.6 Å². The number of carbonyl (C=O) groups is 2. The zero-order valence-electron chi connectivity index (χ0n) is 24.2. The number of nitrogens with one attached hydrogen (secondary N) is 1. The Labute approximate surface area is 243 Å². The average Bonchev–Trinajstić information content (AvgIpc) is 3.94. The molecule has 1 heterocycles. The van der Waals surface area contributed by atoms with Gasteiger partial charge in [-0.25, -0.2) is 0 Å². The molecular formula is C33H44N2O6. The number of nitrogens with zero attached hydrogens (tertiary/aromatic N) is 1. The molecule has 2 unspecified atom stereocenters. The number of carbonyl (C=O) groups excluding carboxylic acids is 2. The number of benzene rings is 2. The minimum absolute atomic E-state index is 0.0640. The second-order valence-electron chi connectivity index (χ2n) is 11.8. The van der Waals surface area contributed by atoms with Gasteiger partial charge in [0.2, 0.25) is 5.91 Å². The normalized spacial score (nSPS) is 17.6. The molecule has 2 atom stereocenters. The van der Waals surface area contributed by atoms with Crippen molar-refractivity contribution in [2.45, 2.75) is 69.9 Å². The largest absolute Gasteiger partial charge is 0.497 e. The Morgan fingerprint density at radius 1 is 0.927 bits per heavy atom. The van der Waals surface area contributed by atoms with Crippen LogP contribution in [-0.2, 0) is 4.79 Å². The van der Waals surface area contributed by atoms with Crippen molar-refractivity contribution in [1.29, 1.82) is 0 Å². The van der Waals surface area contributed by atoms with Crippen LogP contribution in [0.15, 0.2) is 42.5 Å². The molecule has 2 saturated carbocycles. The molecule has 2 fully saturated rings. The quantitative estimate of drug-likeness (QED) is 0.208. The van der Waals surface area contributed by atoms with Gasteiger partial charge in [0.15, 0.2) is 17.3 Å². The Bertz CT molecular complexity index is 1150. The molecule has 2 aromatic carbocycles. The van der Waals surface area contributed by atoms with E-state index < -0.39 is 12.1 Å². The fraction of sp³-hybridized carbons (Fsp3) is 0.576. The number of fused-ring (bicyclic) bond motifs is 1. The molecule has 1 aliphatic heterocycles. The summed E-state index contributed by atoms with van der Waals surface area (Å²) in [5, 5.41) is 14.7. The first-order valence-corrected chi connectivity index (χ1v) is 15.2. The first-order valence-electron chi connectivity index (χ1n) is 15.2. The monoisotopic (exact) mass is 564 g/mol. The van der Waals surface area contributed by atoms with Crippen LogP contribution in [0, 0.1) is 11.8 Å². The van der Waals surface area contributed by atoms with Crippen LogP contribution in [0.2, 0.25) is 0 Å². The van der Waals surface area contributed by atoms with E-state index in [1.54, 1.807) is 31.4 Å². The van der Waals surface area contributed by atoms with Gasteiger partial charge >= 0.3 is 0 Å². The predicted octanol–water partition coefficient (Wildman–Crippen LogP) is 4.94. The SMILES string of the molecule is COc1ccc(C(=O)CCCCCC(=O)NC(CN(CC2CC2)CC2CC2)C(O)c2ccc3c(c2)OCCO3)cc1. The molecule has 2 aliphatic carbocycles. The van der Waals surface area contributed by atoms with E-state index in [4.69, 9.17) is 14.2 Å². The van der Waals surface area contributed by atoms with Crippen molar-refractivity contribution in [2.75, 3.05) is 40.0 Å². The third kappa shape index (κ3) is 8.94. The molecule has 3 aliphatic rings. The lowest BCUT2D eigenvalue weighted by Crippen LogP contribution is -2.48. The Balaban J connectivity index is 1.14. The first kappa shape index (κ1) is 29.4. The Morgan fingerprint density at radius 3 is 2.24 bits per heavy atom. The molecule has 8 nitrogen and oxygen atoms in total. The van der Waals surface area contributed by atoms with Crippen LogP contribution in [0.5, 0.6) is 17.2 Å². The van der Waals surface area contributed by atoms with Crippen molar-refractivity contribution >= 4 is 11.7 Å². The molecule has 1 amide bonds. The van der Waals surface area contributed by atoms with E-state index >= 15 is 0 Å². The number of ether oxygens (including phenoxy) is 3. The number of aliphatic hydroxyl groups is 1. The summed E-state index contributed by atoms with van der Waals surface area (Å²) < 4.78 is 16.6. The van der Waals surface area contributed by atoms with E-state index in [9.17, 15) is 14.7 Å². The van der Waals surface area contributed by atoms with Gasteiger partial charge < -0.3 is 29.5 Å². The minimum atomic E-state index is -0.863. The second-order valence-corrected chi connectivity index (χ2v) is 11.8. The van der Waals surface area contributed by atoms with E-state index in [-0.39, 0.29) is 11.7 Å². The van der Waals surface area contributed by atoms with Crippen molar-refractivity contribution in [1.82, 2.24) is 10.2 Å². The van der Waals surface area contributed by atoms with E-state index in [2.05, 4.69) is 10.2 Å². The summed E-state index contributed by atoms with van der Waals surface area (Å²) >= 11 is 0. The van der Waals surface area contributed by atoms with Gasteiger partial charge in [-0.3, -0.25) is 9.59 Å².